The van der Waals surface area contributed by atoms with Crippen LogP contribution in [0.3, 0.4) is 0 Å². The Morgan fingerprint density at radius 2 is 1.64 bits per heavy atom. The molecule has 0 aromatic carbocycles. The van der Waals surface area contributed by atoms with E-state index in [2.05, 4.69) is 31.0 Å². The Balaban J connectivity index is 2.76. The van der Waals surface area contributed by atoms with Crippen molar-refractivity contribution in [2.75, 3.05) is 0 Å². The first-order chi connectivity index (χ1) is 6.72. The molecular formula is C10H19N3S. The van der Waals surface area contributed by atoms with Gasteiger partial charge in [0, 0.05) is 5.92 Å². The second-order valence-corrected chi connectivity index (χ2v) is 4.55. The minimum Gasteiger partial charge on any atom is -0.322 e. The number of nitrogens with two attached hydrogens (primary N) is 1. The fourth-order valence-electron chi connectivity index (χ4n) is 1.37. The van der Waals surface area contributed by atoms with Crippen LogP contribution in [0.5, 0.6) is 0 Å². The van der Waals surface area contributed by atoms with Crippen molar-refractivity contribution in [3.63, 3.8) is 0 Å². The molecular weight excluding hydrogens is 194 g/mol. The SMILES string of the molecule is CCC(N)c1nnc(C(CC)CC)s1. The maximum absolute atomic E-state index is 5.90. The van der Waals surface area contributed by atoms with Crippen LogP contribution in [0.25, 0.3) is 0 Å². The van der Waals surface area contributed by atoms with Gasteiger partial charge in [0.05, 0.1) is 6.04 Å². The van der Waals surface area contributed by atoms with Gasteiger partial charge in [0.15, 0.2) is 0 Å². The number of hydrogen-bond acceptors (Lipinski definition) is 4. The minimum atomic E-state index is 0.0654. The van der Waals surface area contributed by atoms with Crippen molar-refractivity contribution in [3.05, 3.63) is 10.0 Å². The average molecular weight is 213 g/mol. The van der Waals surface area contributed by atoms with Gasteiger partial charge in [-0.1, -0.05) is 32.1 Å². The molecule has 0 spiro atoms. The van der Waals surface area contributed by atoms with E-state index in [1.807, 2.05) is 0 Å². The summed E-state index contributed by atoms with van der Waals surface area (Å²) in [6.07, 6.45) is 3.19. The summed E-state index contributed by atoms with van der Waals surface area (Å²) in [7, 11) is 0. The molecule has 14 heavy (non-hydrogen) atoms. The van der Waals surface area contributed by atoms with Crippen molar-refractivity contribution in [2.24, 2.45) is 5.73 Å². The quantitative estimate of drug-likeness (QED) is 0.818. The fraction of sp³-hybridized carbons (Fsp3) is 0.800. The second-order valence-electron chi connectivity index (χ2n) is 3.51. The van der Waals surface area contributed by atoms with Gasteiger partial charge in [0.25, 0.3) is 0 Å². The lowest BCUT2D eigenvalue weighted by Crippen LogP contribution is -2.07. The van der Waals surface area contributed by atoms with Crippen LogP contribution in [0, 0.1) is 0 Å². The first-order valence-corrected chi connectivity index (χ1v) is 6.13. The summed E-state index contributed by atoms with van der Waals surface area (Å²) in [6, 6.07) is 0.0654. The Hall–Kier alpha value is -0.480. The van der Waals surface area contributed by atoms with Crippen LogP contribution in [0.1, 0.15) is 62.0 Å². The molecule has 1 atom stereocenters. The predicted octanol–water partition coefficient (Wildman–Crippen LogP) is 2.85. The Bertz CT molecular complexity index is 268. The Kier molecular flexibility index (Phi) is 4.48. The topological polar surface area (TPSA) is 51.8 Å². The molecule has 0 fully saturated rings. The fourth-order valence-corrected chi connectivity index (χ4v) is 2.57. The van der Waals surface area contributed by atoms with Gasteiger partial charge in [-0.2, -0.15) is 0 Å². The monoisotopic (exact) mass is 213 g/mol. The third kappa shape index (κ3) is 2.51. The largest absolute Gasteiger partial charge is 0.322 e. The number of hydrogen-bond donors (Lipinski definition) is 1. The zero-order valence-corrected chi connectivity index (χ0v) is 9.97. The first-order valence-electron chi connectivity index (χ1n) is 5.31. The molecule has 1 rings (SSSR count). The molecule has 1 aromatic rings. The Labute approximate surface area is 89.7 Å². The molecule has 0 bridgehead atoms. The van der Waals surface area contributed by atoms with Crippen molar-refractivity contribution >= 4 is 11.3 Å². The predicted molar refractivity (Wildman–Crippen MR) is 60.5 cm³/mol. The molecule has 0 saturated carbocycles. The van der Waals surface area contributed by atoms with Gasteiger partial charge < -0.3 is 5.73 Å². The molecule has 0 aliphatic heterocycles. The maximum atomic E-state index is 5.90. The molecule has 0 aliphatic carbocycles. The highest BCUT2D eigenvalue weighted by Gasteiger charge is 2.15. The average Bonchev–Trinajstić information content (AvgIpc) is 2.68. The molecule has 80 valence electrons. The zero-order chi connectivity index (χ0) is 10.6. The normalized spacial score (nSPS) is 13.5. The highest BCUT2D eigenvalue weighted by molar-refractivity contribution is 7.11. The first kappa shape index (κ1) is 11.6. The number of aromatic nitrogens is 2. The van der Waals surface area contributed by atoms with Crippen LogP contribution >= 0.6 is 11.3 Å². The van der Waals surface area contributed by atoms with Gasteiger partial charge in [-0.15, -0.1) is 10.2 Å². The third-order valence-corrected chi connectivity index (χ3v) is 3.77. The van der Waals surface area contributed by atoms with E-state index < -0.39 is 0 Å². The summed E-state index contributed by atoms with van der Waals surface area (Å²) >= 11 is 1.68. The molecule has 2 N–H and O–H groups in total. The van der Waals surface area contributed by atoms with E-state index in [0.717, 1.165) is 29.3 Å². The smallest absolute Gasteiger partial charge is 0.134 e. The van der Waals surface area contributed by atoms with Crippen molar-refractivity contribution in [3.8, 4) is 0 Å². The van der Waals surface area contributed by atoms with Gasteiger partial charge >= 0.3 is 0 Å². The van der Waals surface area contributed by atoms with Crippen molar-refractivity contribution in [1.82, 2.24) is 10.2 Å². The van der Waals surface area contributed by atoms with Crippen molar-refractivity contribution < 1.29 is 0 Å². The van der Waals surface area contributed by atoms with E-state index in [1.165, 1.54) is 0 Å². The summed E-state index contributed by atoms with van der Waals surface area (Å²) in [5.41, 5.74) is 5.90. The van der Waals surface area contributed by atoms with Crippen LogP contribution in [-0.4, -0.2) is 10.2 Å². The highest BCUT2D eigenvalue weighted by Crippen LogP contribution is 2.28. The van der Waals surface area contributed by atoms with E-state index in [0.29, 0.717) is 5.92 Å². The summed E-state index contributed by atoms with van der Waals surface area (Å²) < 4.78 is 0. The second kappa shape index (κ2) is 5.41. The Morgan fingerprint density at radius 3 is 2.14 bits per heavy atom. The van der Waals surface area contributed by atoms with E-state index in [1.54, 1.807) is 11.3 Å². The summed E-state index contributed by atoms with van der Waals surface area (Å²) in [5, 5.41) is 10.5. The molecule has 1 heterocycles. The molecule has 1 unspecified atom stereocenters. The number of rotatable bonds is 5. The van der Waals surface area contributed by atoms with Gasteiger partial charge in [-0.3, -0.25) is 0 Å². The minimum absolute atomic E-state index is 0.0654. The van der Waals surface area contributed by atoms with Gasteiger partial charge in [0.2, 0.25) is 0 Å². The van der Waals surface area contributed by atoms with E-state index >= 15 is 0 Å². The molecule has 0 aliphatic rings. The van der Waals surface area contributed by atoms with Crippen LogP contribution in [0.15, 0.2) is 0 Å². The molecule has 0 saturated heterocycles. The molecule has 0 radical (unpaired) electrons. The van der Waals surface area contributed by atoms with Gasteiger partial charge in [-0.05, 0) is 19.3 Å². The lowest BCUT2D eigenvalue weighted by molar-refractivity contribution is 0.626. The lowest BCUT2D eigenvalue weighted by atomic mass is 10.1. The van der Waals surface area contributed by atoms with Crippen LogP contribution in [-0.2, 0) is 0 Å². The van der Waals surface area contributed by atoms with Crippen LogP contribution in [0.4, 0.5) is 0 Å². The molecule has 3 nitrogen and oxygen atoms in total. The molecule has 1 aromatic heterocycles. The summed E-state index contributed by atoms with van der Waals surface area (Å²) in [4.78, 5) is 0. The van der Waals surface area contributed by atoms with Gasteiger partial charge in [0.1, 0.15) is 10.0 Å². The number of nitrogens with zero attached hydrogens (tertiary/aromatic N) is 2. The lowest BCUT2D eigenvalue weighted by Gasteiger charge is -2.06. The third-order valence-electron chi connectivity index (χ3n) is 2.55. The molecule has 0 amide bonds. The van der Waals surface area contributed by atoms with E-state index in [4.69, 9.17) is 5.73 Å². The zero-order valence-electron chi connectivity index (χ0n) is 9.16. The maximum Gasteiger partial charge on any atom is 0.134 e. The Morgan fingerprint density at radius 1 is 1.07 bits per heavy atom. The molecule has 4 heteroatoms. The van der Waals surface area contributed by atoms with Crippen LogP contribution < -0.4 is 5.73 Å². The highest BCUT2D eigenvalue weighted by atomic mass is 32.1. The summed E-state index contributed by atoms with van der Waals surface area (Å²) in [5.74, 6) is 0.560. The van der Waals surface area contributed by atoms with E-state index in [-0.39, 0.29) is 6.04 Å². The standard InChI is InChI=1S/C10H19N3S/c1-4-7(5-2)9-12-13-10(14-9)8(11)6-3/h7-8H,4-6,11H2,1-3H3. The van der Waals surface area contributed by atoms with Gasteiger partial charge in [-0.25, -0.2) is 0 Å². The van der Waals surface area contributed by atoms with Crippen LogP contribution in [0.2, 0.25) is 0 Å². The summed E-state index contributed by atoms with van der Waals surface area (Å²) in [6.45, 7) is 6.45. The van der Waals surface area contributed by atoms with E-state index in [9.17, 15) is 0 Å². The van der Waals surface area contributed by atoms with Crippen molar-refractivity contribution in [1.29, 1.82) is 0 Å². The van der Waals surface area contributed by atoms with Crippen molar-refractivity contribution in [2.45, 2.75) is 52.0 Å².